The van der Waals surface area contributed by atoms with Crippen molar-refractivity contribution in [2.75, 3.05) is 7.05 Å². The normalized spacial score (nSPS) is 10.4. The SMILES string of the molecule is CN(Cc1c(F)cccc1Cl)C(=O)c1cc([N+](=O)[O-])c[nH]c1=O. The fourth-order valence-electron chi connectivity index (χ4n) is 1.93. The first-order chi connectivity index (χ1) is 10.8. The summed E-state index contributed by atoms with van der Waals surface area (Å²) in [7, 11) is 1.34. The van der Waals surface area contributed by atoms with Gasteiger partial charge in [-0.25, -0.2) is 4.39 Å². The van der Waals surface area contributed by atoms with Gasteiger partial charge >= 0.3 is 0 Å². The number of nitrogens with one attached hydrogen (secondary N) is 1. The first-order valence-electron chi connectivity index (χ1n) is 6.36. The molecule has 2 rings (SSSR count). The van der Waals surface area contributed by atoms with E-state index in [4.69, 9.17) is 11.6 Å². The van der Waals surface area contributed by atoms with Gasteiger partial charge < -0.3 is 9.88 Å². The Labute approximate surface area is 134 Å². The summed E-state index contributed by atoms with van der Waals surface area (Å²) in [6.07, 6.45) is 0.896. The number of aromatic nitrogens is 1. The number of amides is 1. The highest BCUT2D eigenvalue weighted by atomic mass is 35.5. The van der Waals surface area contributed by atoms with Gasteiger partial charge in [0.1, 0.15) is 11.4 Å². The second kappa shape index (κ2) is 6.57. The molecule has 0 aliphatic heterocycles. The topological polar surface area (TPSA) is 96.3 Å². The first-order valence-corrected chi connectivity index (χ1v) is 6.74. The zero-order valence-electron chi connectivity index (χ0n) is 11.9. The molecule has 9 heteroatoms. The lowest BCUT2D eigenvalue weighted by Gasteiger charge is -2.18. The molecule has 0 fully saturated rings. The average Bonchev–Trinajstić information content (AvgIpc) is 2.50. The Morgan fingerprint density at radius 2 is 2.17 bits per heavy atom. The largest absolute Gasteiger partial charge is 0.337 e. The van der Waals surface area contributed by atoms with Crippen molar-refractivity contribution in [1.82, 2.24) is 9.88 Å². The van der Waals surface area contributed by atoms with E-state index >= 15 is 0 Å². The van der Waals surface area contributed by atoms with Crippen LogP contribution in [0.1, 0.15) is 15.9 Å². The van der Waals surface area contributed by atoms with Gasteiger partial charge in [-0.15, -0.1) is 0 Å². The van der Waals surface area contributed by atoms with Crippen LogP contribution >= 0.6 is 11.6 Å². The van der Waals surface area contributed by atoms with Crippen molar-refractivity contribution < 1.29 is 14.1 Å². The Kier molecular flexibility index (Phi) is 4.75. The summed E-state index contributed by atoms with van der Waals surface area (Å²) in [6, 6.07) is 4.97. The van der Waals surface area contributed by atoms with Crippen molar-refractivity contribution in [1.29, 1.82) is 0 Å². The fraction of sp³-hybridized carbons (Fsp3) is 0.143. The summed E-state index contributed by atoms with van der Waals surface area (Å²) in [5.41, 5.74) is -1.52. The van der Waals surface area contributed by atoms with Crippen LogP contribution in [0.5, 0.6) is 0 Å². The molecule has 7 nitrogen and oxygen atoms in total. The smallest absolute Gasteiger partial charge is 0.286 e. The third-order valence-corrected chi connectivity index (χ3v) is 3.49. The maximum Gasteiger partial charge on any atom is 0.286 e. The predicted octanol–water partition coefficient (Wildman–Crippen LogP) is 2.35. The number of H-pyrrole nitrogens is 1. The van der Waals surface area contributed by atoms with Crippen LogP contribution in [-0.2, 0) is 6.54 Å². The Bertz CT molecular complexity index is 817. The number of nitrogens with zero attached hydrogens (tertiary/aromatic N) is 2. The summed E-state index contributed by atoms with van der Waals surface area (Å²) in [5.74, 6) is -1.38. The molecule has 1 N–H and O–H groups in total. The lowest BCUT2D eigenvalue weighted by molar-refractivity contribution is -0.385. The molecule has 0 unspecified atom stereocenters. The summed E-state index contributed by atoms with van der Waals surface area (Å²) in [6.45, 7) is -0.188. The van der Waals surface area contributed by atoms with E-state index in [1.807, 2.05) is 0 Å². The Balaban J connectivity index is 2.32. The number of rotatable bonds is 4. The quantitative estimate of drug-likeness (QED) is 0.683. The zero-order valence-corrected chi connectivity index (χ0v) is 12.6. The predicted molar refractivity (Wildman–Crippen MR) is 80.9 cm³/mol. The molecule has 0 spiro atoms. The van der Waals surface area contributed by atoms with Crippen LogP contribution in [0.4, 0.5) is 10.1 Å². The monoisotopic (exact) mass is 339 g/mol. The number of hydrogen-bond acceptors (Lipinski definition) is 4. The molecule has 1 aromatic carbocycles. The molecule has 0 saturated carbocycles. The Morgan fingerprint density at radius 1 is 1.48 bits per heavy atom. The van der Waals surface area contributed by atoms with E-state index in [2.05, 4.69) is 4.98 Å². The van der Waals surface area contributed by atoms with Crippen molar-refractivity contribution in [3.05, 3.63) is 72.9 Å². The van der Waals surface area contributed by atoms with Crippen molar-refractivity contribution in [2.24, 2.45) is 0 Å². The number of aromatic amines is 1. The van der Waals surface area contributed by atoms with E-state index in [-0.39, 0.29) is 17.1 Å². The number of carbonyl (C=O) groups is 1. The van der Waals surface area contributed by atoms with Gasteiger partial charge in [0.05, 0.1) is 11.1 Å². The minimum absolute atomic E-state index is 0.0897. The van der Waals surface area contributed by atoms with Gasteiger partial charge in [-0.05, 0) is 12.1 Å². The van der Waals surface area contributed by atoms with Gasteiger partial charge in [0, 0.05) is 30.2 Å². The lowest BCUT2D eigenvalue weighted by atomic mass is 10.1. The molecular weight excluding hydrogens is 329 g/mol. The number of carbonyl (C=O) groups excluding carboxylic acids is 1. The number of hydrogen-bond donors (Lipinski definition) is 1. The maximum absolute atomic E-state index is 13.7. The van der Waals surface area contributed by atoms with E-state index in [9.17, 15) is 24.1 Å². The molecule has 0 radical (unpaired) electrons. The van der Waals surface area contributed by atoms with Gasteiger partial charge in [0.15, 0.2) is 0 Å². The molecule has 0 aliphatic rings. The van der Waals surface area contributed by atoms with E-state index in [1.54, 1.807) is 0 Å². The highest BCUT2D eigenvalue weighted by Crippen LogP contribution is 2.21. The van der Waals surface area contributed by atoms with Crippen molar-refractivity contribution >= 4 is 23.2 Å². The summed E-state index contributed by atoms with van der Waals surface area (Å²) in [5, 5.41) is 10.9. The summed E-state index contributed by atoms with van der Waals surface area (Å²) < 4.78 is 13.7. The van der Waals surface area contributed by atoms with Crippen LogP contribution in [-0.4, -0.2) is 27.8 Å². The number of halogens is 2. The fourth-order valence-corrected chi connectivity index (χ4v) is 2.16. The van der Waals surface area contributed by atoms with E-state index in [1.165, 1.54) is 25.2 Å². The van der Waals surface area contributed by atoms with Crippen molar-refractivity contribution in [2.45, 2.75) is 6.54 Å². The number of nitro groups is 1. The number of pyridine rings is 1. The molecule has 120 valence electrons. The second-order valence-corrected chi connectivity index (χ2v) is 5.13. The molecule has 0 aliphatic carbocycles. The van der Waals surface area contributed by atoms with Crippen molar-refractivity contribution in [3.8, 4) is 0 Å². The molecule has 1 heterocycles. The van der Waals surface area contributed by atoms with E-state index in [0.29, 0.717) is 0 Å². The minimum Gasteiger partial charge on any atom is -0.337 e. The van der Waals surface area contributed by atoms with Crippen LogP contribution < -0.4 is 5.56 Å². The third-order valence-electron chi connectivity index (χ3n) is 3.13. The average molecular weight is 340 g/mol. The molecule has 2 aromatic rings. The summed E-state index contributed by atoms with van der Waals surface area (Å²) >= 11 is 5.89. The third kappa shape index (κ3) is 3.54. The molecule has 1 amide bonds. The van der Waals surface area contributed by atoms with Gasteiger partial charge in [-0.1, -0.05) is 17.7 Å². The van der Waals surface area contributed by atoms with Gasteiger partial charge in [0.2, 0.25) is 0 Å². The zero-order chi connectivity index (χ0) is 17.1. The van der Waals surface area contributed by atoms with Crippen LogP contribution in [0.25, 0.3) is 0 Å². The Hall–Kier alpha value is -2.74. The minimum atomic E-state index is -0.783. The summed E-state index contributed by atoms with van der Waals surface area (Å²) in [4.78, 5) is 37.2. The number of benzene rings is 1. The van der Waals surface area contributed by atoms with Crippen molar-refractivity contribution in [3.63, 3.8) is 0 Å². The highest BCUT2D eigenvalue weighted by Gasteiger charge is 2.21. The lowest BCUT2D eigenvalue weighted by Crippen LogP contribution is -2.31. The van der Waals surface area contributed by atoms with Gasteiger partial charge in [0.25, 0.3) is 17.2 Å². The van der Waals surface area contributed by atoms with Gasteiger partial charge in [-0.3, -0.25) is 19.7 Å². The Morgan fingerprint density at radius 3 is 2.78 bits per heavy atom. The molecule has 0 bridgehead atoms. The molecule has 1 aromatic heterocycles. The van der Waals surface area contributed by atoms with Crippen LogP contribution in [0.2, 0.25) is 5.02 Å². The molecular formula is C14H11ClFN3O4. The van der Waals surface area contributed by atoms with E-state index < -0.39 is 33.5 Å². The van der Waals surface area contributed by atoms with Crippen LogP contribution in [0.15, 0.2) is 35.3 Å². The molecule has 23 heavy (non-hydrogen) atoms. The maximum atomic E-state index is 13.7. The highest BCUT2D eigenvalue weighted by molar-refractivity contribution is 6.31. The van der Waals surface area contributed by atoms with E-state index in [0.717, 1.165) is 17.2 Å². The first kappa shape index (κ1) is 16.6. The standard InChI is InChI=1S/C14H11ClFN3O4/c1-18(7-10-11(15)3-2-4-12(10)16)14(21)9-5-8(19(22)23)6-17-13(9)20/h2-6H,7H2,1H3,(H,17,20). The van der Waals surface area contributed by atoms with Crippen LogP contribution in [0, 0.1) is 15.9 Å². The van der Waals surface area contributed by atoms with Gasteiger partial charge in [-0.2, -0.15) is 0 Å². The second-order valence-electron chi connectivity index (χ2n) is 4.72. The van der Waals surface area contributed by atoms with Crippen LogP contribution in [0.3, 0.4) is 0 Å². The molecule has 0 atom stereocenters. The molecule has 0 saturated heterocycles.